The Hall–Kier alpha value is -0.770. The van der Waals surface area contributed by atoms with E-state index in [1.54, 1.807) is 0 Å². The van der Waals surface area contributed by atoms with Gasteiger partial charge in [0, 0.05) is 6.04 Å². The Labute approximate surface area is 85.8 Å². The van der Waals surface area contributed by atoms with Crippen LogP contribution in [0.4, 0.5) is 0 Å². The quantitative estimate of drug-likeness (QED) is 0.311. The van der Waals surface area contributed by atoms with Gasteiger partial charge in [-0.25, -0.2) is 0 Å². The maximum Gasteiger partial charge on any atom is 0.156 e. The van der Waals surface area contributed by atoms with Gasteiger partial charge in [-0.15, -0.1) is 0 Å². The third-order valence-corrected chi connectivity index (χ3v) is 3.38. The highest BCUT2D eigenvalue weighted by Crippen LogP contribution is 2.27. The molecule has 1 saturated heterocycles. The molecule has 1 rings (SSSR count). The first-order valence-corrected chi connectivity index (χ1v) is 5.35. The fraction of sp³-hybridized carbons (Fsp3) is 0.900. The molecule has 0 spiro atoms. The maximum atomic E-state index is 8.63. The van der Waals surface area contributed by atoms with Crippen molar-refractivity contribution in [1.29, 1.82) is 0 Å². The molecule has 0 bridgehead atoms. The Bertz CT molecular complexity index is 217. The van der Waals surface area contributed by atoms with Crippen LogP contribution >= 0.6 is 0 Å². The molecule has 0 aliphatic carbocycles. The molecular weight excluding hydrogens is 178 g/mol. The molecule has 1 heterocycles. The van der Waals surface area contributed by atoms with Gasteiger partial charge in [-0.3, -0.25) is 4.90 Å². The molecule has 3 N–H and O–H groups in total. The number of hydrogen-bond donors (Lipinski definition) is 2. The van der Waals surface area contributed by atoms with Crippen LogP contribution in [0.3, 0.4) is 0 Å². The lowest BCUT2D eigenvalue weighted by atomic mass is 10.0. The lowest BCUT2D eigenvalue weighted by Crippen LogP contribution is -2.46. The van der Waals surface area contributed by atoms with Crippen molar-refractivity contribution >= 4 is 5.84 Å². The van der Waals surface area contributed by atoms with Gasteiger partial charge >= 0.3 is 0 Å². The summed E-state index contributed by atoms with van der Waals surface area (Å²) in [5.41, 5.74) is 5.62. The molecule has 1 aliphatic rings. The van der Waals surface area contributed by atoms with Gasteiger partial charge in [0.2, 0.25) is 0 Å². The van der Waals surface area contributed by atoms with Crippen LogP contribution in [0.15, 0.2) is 5.16 Å². The second-order valence-electron chi connectivity index (χ2n) is 4.18. The summed E-state index contributed by atoms with van der Waals surface area (Å²) in [6, 6.07) is 0.625. The first-order chi connectivity index (χ1) is 6.61. The minimum atomic E-state index is 0.0508. The molecule has 1 aliphatic heterocycles. The summed E-state index contributed by atoms with van der Waals surface area (Å²) >= 11 is 0. The minimum absolute atomic E-state index is 0.0508. The predicted molar refractivity (Wildman–Crippen MR) is 57.4 cm³/mol. The van der Waals surface area contributed by atoms with E-state index in [4.69, 9.17) is 10.9 Å². The molecular formula is C10H21N3O. The van der Waals surface area contributed by atoms with Crippen LogP contribution in [-0.4, -0.2) is 34.6 Å². The maximum absolute atomic E-state index is 8.63. The van der Waals surface area contributed by atoms with E-state index in [0.29, 0.717) is 17.8 Å². The molecule has 4 heteroatoms. The molecule has 0 aromatic heterocycles. The van der Waals surface area contributed by atoms with Crippen LogP contribution in [-0.2, 0) is 0 Å². The van der Waals surface area contributed by atoms with Gasteiger partial charge in [0.1, 0.15) is 0 Å². The first kappa shape index (κ1) is 11.3. The zero-order chi connectivity index (χ0) is 10.7. The SMILES string of the molecule is CCC1C(C)CCN1C(C)/C(N)=N/O. The number of nitrogens with zero attached hydrogens (tertiary/aromatic N) is 2. The van der Waals surface area contributed by atoms with Gasteiger partial charge in [-0.2, -0.15) is 0 Å². The van der Waals surface area contributed by atoms with Crippen LogP contribution < -0.4 is 5.73 Å². The molecule has 14 heavy (non-hydrogen) atoms. The minimum Gasteiger partial charge on any atom is -0.409 e. The second kappa shape index (κ2) is 4.64. The monoisotopic (exact) mass is 199 g/mol. The normalized spacial score (nSPS) is 32.1. The van der Waals surface area contributed by atoms with Crippen molar-refractivity contribution in [3.63, 3.8) is 0 Å². The Balaban J connectivity index is 2.68. The average molecular weight is 199 g/mol. The summed E-state index contributed by atoms with van der Waals surface area (Å²) in [6.45, 7) is 7.51. The number of rotatable bonds is 3. The number of nitrogens with two attached hydrogens (primary N) is 1. The summed E-state index contributed by atoms with van der Waals surface area (Å²) in [5, 5.41) is 11.7. The van der Waals surface area contributed by atoms with Crippen molar-refractivity contribution in [1.82, 2.24) is 4.90 Å². The highest BCUT2D eigenvalue weighted by atomic mass is 16.4. The Morgan fingerprint density at radius 3 is 2.86 bits per heavy atom. The molecule has 4 nitrogen and oxygen atoms in total. The van der Waals surface area contributed by atoms with Crippen LogP contribution in [0.5, 0.6) is 0 Å². The van der Waals surface area contributed by atoms with Gasteiger partial charge in [0.05, 0.1) is 6.04 Å². The van der Waals surface area contributed by atoms with Crippen molar-refractivity contribution < 1.29 is 5.21 Å². The van der Waals surface area contributed by atoms with Crippen molar-refractivity contribution in [3.8, 4) is 0 Å². The number of oxime groups is 1. The largest absolute Gasteiger partial charge is 0.409 e. The van der Waals surface area contributed by atoms with E-state index < -0.39 is 0 Å². The number of hydrogen-bond acceptors (Lipinski definition) is 3. The molecule has 0 aromatic carbocycles. The van der Waals surface area contributed by atoms with E-state index in [9.17, 15) is 0 Å². The van der Waals surface area contributed by atoms with Crippen LogP contribution in [0, 0.1) is 5.92 Å². The predicted octanol–water partition coefficient (Wildman–Crippen LogP) is 1.24. The zero-order valence-electron chi connectivity index (χ0n) is 9.27. The Kier molecular flexibility index (Phi) is 3.75. The molecule has 0 amide bonds. The van der Waals surface area contributed by atoms with Gasteiger partial charge in [0.15, 0.2) is 5.84 Å². The summed E-state index contributed by atoms with van der Waals surface area (Å²) < 4.78 is 0. The molecule has 82 valence electrons. The lowest BCUT2D eigenvalue weighted by molar-refractivity contribution is 0.202. The van der Waals surface area contributed by atoms with E-state index in [1.165, 1.54) is 6.42 Å². The van der Waals surface area contributed by atoms with Gasteiger partial charge in [-0.05, 0) is 32.2 Å². The third kappa shape index (κ3) is 2.00. The standard InChI is InChI=1S/C10H21N3O/c1-4-9-7(2)5-6-13(9)8(3)10(11)12-14/h7-9,14H,4-6H2,1-3H3,(H2,11,12). The molecule has 0 aromatic rings. The molecule has 1 fully saturated rings. The summed E-state index contributed by atoms with van der Waals surface area (Å²) in [5.74, 6) is 1.03. The van der Waals surface area contributed by atoms with Crippen LogP contribution in [0.25, 0.3) is 0 Å². The highest BCUT2D eigenvalue weighted by molar-refractivity contribution is 5.84. The second-order valence-corrected chi connectivity index (χ2v) is 4.18. The fourth-order valence-corrected chi connectivity index (χ4v) is 2.41. The zero-order valence-corrected chi connectivity index (χ0v) is 9.27. The highest BCUT2D eigenvalue weighted by Gasteiger charge is 2.33. The van der Waals surface area contributed by atoms with E-state index in [0.717, 1.165) is 13.0 Å². The van der Waals surface area contributed by atoms with E-state index in [-0.39, 0.29) is 6.04 Å². The Morgan fingerprint density at radius 2 is 2.36 bits per heavy atom. The van der Waals surface area contributed by atoms with E-state index in [1.807, 2.05) is 6.92 Å². The van der Waals surface area contributed by atoms with E-state index >= 15 is 0 Å². The smallest absolute Gasteiger partial charge is 0.156 e. The van der Waals surface area contributed by atoms with E-state index in [2.05, 4.69) is 23.9 Å². The number of likely N-dealkylation sites (tertiary alicyclic amines) is 1. The Morgan fingerprint density at radius 1 is 1.71 bits per heavy atom. The molecule has 3 atom stereocenters. The topological polar surface area (TPSA) is 61.8 Å². The van der Waals surface area contributed by atoms with Crippen LogP contribution in [0.1, 0.15) is 33.6 Å². The van der Waals surface area contributed by atoms with Crippen molar-refractivity contribution in [2.45, 2.75) is 45.7 Å². The van der Waals surface area contributed by atoms with Gasteiger partial charge in [-0.1, -0.05) is 19.0 Å². The first-order valence-electron chi connectivity index (χ1n) is 5.35. The van der Waals surface area contributed by atoms with Crippen molar-refractivity contribution in [3.05, 3.63) is 0 Å². The van der Waals surface area contributed by atoms with Crippen molar-refractivity contribution in [2.24, 2.45) is 16.8 Å². The number of amidine groups is 1. The third-order valence-electron chi connectivity index (χ3n) is 3.38. The summed E-state index contributed by atoms with van der Waals surface area (Å²) in [7, 11) is 0. The summed E-state index contributed by atoms with van der Waals surface area (Å²) in [4.78, 5) is 2.33. The van der Waals surface area contributed by atoms with Gasteiger partial charge in [0.25, 0.3) is 0 Å². The molecule has 3 unspecified atom stereocenters. The summed E-state index contributed by atoms with van der Waals surface area (Å²) in [6.07, 6.45) is 2.34. The molecule has 0 radical (unpaired) electrons. The van der Waals surface area contributed by atoms with Crippen LogP contribution in [0.2, 0.25) is 0 Å². The van der Waals surface area contributed by atoms with Gasteiger partial charge < -0.3 is 10.9 Å². The average Bonchev–Trinajstić information content (AvgIpc) is 2.57. The van der Waals surface area contributed by atoms with Crippen molar-refractivity contribution in [2.75, 3.05) is 6.54 Å². The molecule has 0 saturated carbocycles. The lowest BCUT2D eigenvalue weighted by Gasteiger charge is -2.30. The fourth-order valence-electron chi connectivity index (χ4n) is 2.41.